The van der Waals surface area contributed by atoms with Crippen LogP contribution in [0.25, 0.3) is 0 Å². The molecule has 2 N–H and O–H groups in total. The molecule has 100 valence electrons. The minimum absolute atomic E-state index is 0.567. The van der Waals surface area contributed by atoms with Crippen LogP contribution in [0, 0.1) is 0 Å². The third-order valence-electron chi connectivity index (χ3n) is 3.55. The Kier molecular flexibility index (Phi) is 4.49. The molecule has 1 unspecified atom stereocenters. The molecule has 1 atom stereocenters. The molecule has 0 aliphatic carbocycles. The highest BCUT2D eigenvalue weighted by molar-refractivity contribution is 6.30. The number of hydrogen-bond donors (Lipinski definition) is 1. The summed E-state index contributed by atoms with van der Waals surface area (Å²) >= 11 is 6.05. The maximum Gasteiger partial charge on any atom is 0.0429 e. The summed E-state index contributed by atoms with van der Waals surface area (Å²) in [6.07, 6.45) is 1.22. The summed E-state index contributed by atoms with van der Waals surface area (Å²) in [5.74, 6) is 0. The third-order valence-corrected chi connectivity index (χ3v) is 3.77. The summed E-state index contributed by atoms with van der Waals surface area (Å²) in [5, 5.41) is 0.726. The van der Waals surface area contributed by atoms with E-state index in [2.05, 4.69) is 23.8 Å². The van der Waals surface area contributed by atoms with E-state index in [4.69, 9.17) is 17.3 Å². The molecule has 1 aliphatic heterocycles. The van der Waals surface area contributed by atoms with Crippen LogP contribution >= 0.6 is 11.6 Å². The van der Waals surface area contributed by atoms with E-state index < -0.39 is 0 Å². The lowest BCUT2D eigenvalue weighted by atomic mass is 10.1. The molecular formula is C14H22ClN3. The van der Waals surface area contributed by atoms with Crippen molar-refractivity contribution in [2.24, 2.45) is 0 Å². The molecule has 3 nitrogen and oxygen atoms in total. The lowest BCUT2D eigenvalue weighted by Gasteiger charge is -2.28. The maximum atomic E-state index is 6.05. The first-order valence-electron chi connectivity index (χ1n) is 6.52. The second kappa shape index (κ2) is 5.91. The highest BCUT2D eigenvalue weighted by atomic mass is 35.5. The van der Waals surface area contributed by atoms with E-state index in [0.29, 0.717) is 6.04 Å². The van der Waals surface area contributed by atoms with Gasteiger partial charge < -0.3 is 10.6 Å². The normalized spacial score (nSPS) is 22.9. The number of benzene rings is 1. The van der Waals surface area contributed by atoms with Crippen LogP contribution in [0.2, 0.25) is 5.02 Å². The fraction of sp³-hybridized carbons (Fsp3) is 0.571. The molecule has 1 heterocycles. The van der Waals surface area contributed by atoms with Crippen molar-refractivity contribution in [1.82, 2.24) is 9.80 Å². The number of anilines is 1. The highest BCUT2D eigenvalue weighted by Gasteiger charge is 2.19. The van der Waals surface area contributed by atoms with Crippen molar-refractivity contribution in [1.29, 1.82) is 0 Å². The minimum Gasteiger partial charge on any atom is -0.399 e. The van der Waals surface area contributed by atoms with Gasteiger partial charge in [-0.2, -0.15) is 0 Å². The zero-order valence-corrected chi connectivity index (χ0v) is 12.0. The van der Waals surface area contributed by atoms with Gasteiger partial charge in [0.2, 0.25) is 0 Å². The van der Waals surface area contributed by atoms with Crippen LogP contribution in [-0.2, 0) is 6.54 Å². The van der Waals surface area contributed by atoms with E-state index >= 15 is 0 Å². The van der Waals surface area contributed by atoms with Gasteiger partial charge in [0.15, 0.2) is 0 Å². The van der Waals surface area contributed by atoms with E-state index in [9.17, 15) is 0 Å². The number of hydrogen-bond acceptors (Lipinski definition) is 3. The molecule has 2 rings (SSSR count). The highest BCUT2D eigenvalue weighted by Crippen LogP contribution is 2.20. The Balaban J connectivity index is 2.07. The summed E-state index contributed by atoms with van der Waals surface area (Å²) < 4.78 is 0. The lowest BCUT2D eigenvalue weighted by molar-refractivity contribution is 0.194. The molecule has 1 aromatic rings. The summed E-state index contributed by atoms with van der Waals surface area (Å²) in [7, 11) is 2.19. The van der Waals surface area contributed by atoms with Crippen molar-refractivity contribution in [2.75, 3.05) is 32.4 Å². The molecule has 0 aromatic heterocycles. The van der Waals surface area contributed by atoms with Crippen LogP contribution in [0.4, 0.5) is 5.69 Å². The molecule has 18 heavy (non-hydrogen) atoms. The van der Waals surface area contributed by atoms with Gasteiger partial charge in [-0.3, -0.25) is 4.90 Å². The van der Waals surface area contributed by atoms with Crippen molar-refractivity contribution >= 4 is 17.3 Å². The largest absolute Gasteiger partial charge is 0.399 e. The summed E-state index contributed by atoms with van der Waals surface area (Å²) in [4.78, 5) is 4.91. The predicted octanol–water partition coefficient (Wildman–Crippen LogP) is 2.45. The SMILES string of the molecule is CC1CN(C)CCCN1Cc1cc(N)cc(Cl)c1. The molecule has 0 bridgehead atoms. The molecule has 1 aromatic carbocycles. The van der Waals surface area contributed by atoms with Crippen molar-refractivity contribution < 1.29 is 0 Å². The Morgan fingerprint density at radius 3 is 2.83 bits per heavy atom. The number of nitrogen functional groups attached to an aromatic ring is 1. The Labute approximate surface area is 115 Å². The van der Waals surface area contributed by atoms with E-state index in [1.165, 1.54) is 18.5 Å². The van der Waals surface area contributed by atoms with E-state index in [-0.39, 0.29) is 0 Å². The van der Waals surface area contributed by atoms with Gasteiger partial charge in [-0.25, -0.2) is 0 Å². The zero-order valence-electron chi connectivity index (χ0n) is 11.2. The Bertz CT molecular complexity index is 388. The average molecular weight is 268 g/mol. The first-order valence-corrected chi connectivity index (χ1v) is 6.90. The van der Waals surface area contributed by atoms with Gasteiger partial charge in [0.25, 0.3) is 0 Å². The number of likely N-dealkylation sites (N-methyl/N-ethyl adjacent to an activating group) is 1. The minimum atomic E-state index is 0.567. The smallest absolute Gasteiger partial charge is 0.0429 e. The van der Waals surface area contributed by atoms with Crippen molar-refractivity contribution in [3.63, 3.8) is 0 Å². The molecule has 0 spiro atoms. The molecule has 0 saturated carbocycles. The molecule has 0 amide bonds. The fourth-order valence-electron chi connectivity index (χ4n) is 2.66. The fourth-order valence-corrected chi connectivity index (χ4v) is 2.92. The number of nitrogens with two attached hydrogens (primary N) is 1. The summed E-state index contributed by atoms with van der Waals surface area (Å²) in [6, 6.07) is 6.40. The first-order chi connectivity index (χ1) is 8.54. The predicted molar refractivity (Wildman–Crippen MR) is 77.9 cm³/mol. The van der Waals surface area contributed by atoms with Crippen LogP contribution in [0.5, 0.6) is 0 Å². The zero-order chi connectivity index (χ0) is 13.1. The summed E-state index contributed by atoms with van der Waals surface area (Å²) in [6.45, 7) is 6.65. The van der Waals surface area contributed by atoms with Gasteiger partial charge >= 0.3 is 0 Å². The van der Waals surface area contributed by atoms with E-state index in [0.717, 1.165) is 30.3 Å². The van der Waals surface area contributed by atoms with E-state index in [1.807, 2.05) is 12.1 Å². The van der Waals surface area contributed by atoms with Crippen LogP contribution in [0.3, 0.4) is 0 Å². The third kappa shape index (κ3) is 3.61. The number of halogens is 1. The van der Waals surface area contributed by atoms with Crippen LogP contribution < -0.4 is 5.73 Å². The Morgan fingerprint density at radius 2 is 2.11 bits per heavy atom. The van der Waals surface area contributed by atoms with Crippen LogP contribution in [-0.4, -0.2) is 42.5 Å². The maximum absolute atomic E-state index is 6.05. The monoisotopic (exact) mass is 267 g/mol. The van der Waals surface area contributed by atoms with Gasteiger partial charge in [0.05, 0.1) is 0 Å². The Morgan fingerprint density at radius 1 is 1.33 bits per heavy atom. The Hall–Kier alpha value is -0.770. The van der Waals surface area contributed by atoms with Crippen molar-refractivity contribution in [3.8, 4) is 0 Å². The number of nitrogens with zero attached hydrogens (tertiary/aromatic N) is 2. The molecule has 1 saturated heterocycles. The lowest BCUT2D eigenvalue weighted by Crippen LogP contribution is -2.37. The second-order valence-corrected chi connectivity index (χ2v) is 5.76. The number of rotatable bonds is 2. The average Bonchev–Trinajstić information content (AvgIpc) is 2.39. The first kappa shape index (κ1) is 13.7. The quantitative estimate of drug-likeness (QED) is 0.836. The van der Waals surface area contributed by atoms with Gasteiger partial charge in [-0.1, -0.05) is 11.6 Å². The second-order valence-electron chi connectivity index (χ2n) is 5.33. The van der Waals surface area contributed by atoms with Gasteiger partial charge in [-0.05, 0) is 50.7 Å². The molecule has 0 radical (unpaired) electrons. The topological polar surface area (TPSA) is 32.5 Å². The molecule has 1 aliphatic rings. The molecule has 1 fully saturated rings. The van der Waals surface area contributed by atoms with Crippen LogP contribution in [0.1, 0.15) is 18.9 Å². The summed E-state index contributed by atoms with van der Waals surface area (Å²) in [5.41, 5.74) is 7.79. The van der Waals surface area contributed by atoms with Gasteiger partial charge in [-0.15, -0.1) is 0 Å². The standard InChI is InChI=1S/C14H22ClN3/c1-11-9-17(2)4-3-5-18(11)10-12-6-13(15)8-14(16)7-12/h6-8,11H,3-5,9-10,16H2,1-2H3. The van der Waals surface area contributed by atoms with Crippen molar-refractivity contribution in [2.45, 2.75) is 25.9 Å². The van der Waals surface area contributed by atoms with Gasteiger partial charge in [0.1, 0.15) is 0 Å². The van der Waals surface area contributed by atoms with Crippen LogP contribution in [0.15, 0.2) is 18.2 Å². The van der Waals surface area contributed by atoms with E-state index in [1.54, 1.807) is 6.07 Å². The van der Waals surface area contributed by atoms with Crippen molar-refractivity contribution in [3.05, 3.63) is 28.8 Å². The molecule has 4 heteroatoms. The molecular weight excluding hydrogens is 246 g/mol. The van der Waals surface area contributed by atoms with Gasteiger partial charge in [0, 0.05) is 36.4 Å².